The fourth-order valence-electron chi connectivity index (χ4n) is 4.67. The number of halogens is 1. The van der Waals surface area contributed by atoms with Gasteiger partial charge < -0.3 is 25.6 Å². The van der Waals surface area contributed by atoms with Crippen molar-refractivity contribution in [1.82, 2.24) is 24.9 Å². The van der Waals surface area contributed by atoms with E-state index in [9.17, 15) is 15.3 Å². The Hall–Kier alpha value is -4.29. The quantitative estimate of drug-likeness (QED) is 0.425. The van der Waals surface area contributed by atoms with Gasteiger partial charge in [0.1, 0.15) is 6.07 Å². The number of ether oxygens (including phenoxy) is 1. The Kier molecular flexibility index (Phi) is 6.59. The van der Waals surface area contributed by atoms with E-state index in [2.05, 4.69) is 61.9 Å². The van der Waals surface area contributed by atoms with Gasteiger partial charge in [-0.05, 0) is 31.4 Å². The lowest BCUT2D eigenvalue weighted by molar-refractivity contribution is 0.143. The van der Waals surface area contributed by atoms with Gasteiger partial charge in [0.2, 0.25) is 5.95 Å². The van der Waals surface area contributed by atoms with Crippen LogP contribution < -0.4 is 20.9 Å². The number of rotatable bonds is 6. The van der Waals surface area contributed by atoms with Crippen LogP contribution in [0.15, 0.2) is 18.3 Å². The summed E-state index contributed by atoms with van der Waals surface area (Å²) in [6, 6.07) is 7.92. The summed E-state index contributed by atoms with van der Waals surface area (Å²) in [5, 5.41) is 33.5. The minimum atomic E-state index is -0.461. The smallest absolute Gasteiger partial charge is 0.407 e. The Labute approximate surface area is 224 Å². The van der Waals surface area contributed by atoms with E-state index in [1.807, 2.05) is 0 Å². The molecule has 3 heterocycles. The van der Waals surface area contributed by atoms with Crippen LogP contribution in [-0.2, 0) is 4.74 Å². The Morgan fingerprint density at radius 1 is 1.24 bits per heavy atom. The highest BCUT2D eigenvalue weighted by Gasteiger charge is 2.38. The Balaban J connectivity index is 1.47. The maximum Gasteiger partial charge on any atom is 0.407 e. The molecular weight excluding hydrogens is 508 g/mol. The number of nitrogens with one attached hydrogen (secondary N) is 3. The number of hydrogen-bond acceptors (Lipinski definition) is 10. The number of alkyl carbamates (subject to hydrolysis) is 1. The molecule has 0 radical (unpaired) electrons. The molecule has 1 amide bonds. The van der Waals surface area contributed by atoms with Gasteiger partial charge in [0.25, 0.3) is 0 Å². The number of amides is 1. The van der Waals surface area contributed by atoms with Crippen molar-refractivity contribution in [1.29, 1.82) is 10.5 Å². The number of nitriles is 2. The topological polar surface area (TPSA) is 156 Å². The number of methoxy groups -OCH3 is 1. The minimum Gasteiger partial charge on any atom is -0.453 e. The highest BCUT2D eigenvalue weighted by molar-refractivity contribution is 6.36. The Morgan fingerprint density at radius 3 is 2.68 bits per heavy atom. The Morgan fingerprint density at radius 2 is 2.03 bits per heavy atom. The number of imidazole rings is 1. The lowest BCUT2D eigenvalue weighted by Gasteiger charge is -2.45. The third-order valence-electron chi connectivity index (χ3n) is 6.87. The molecule has 2 fully saturated rings. The molecule has 13 heteroatoms. The Bertz CT molecular complexity index is 1480. The number of carbonyl (C=O) groups is 1. The van der Waals surface area contributed by atoms with Crippen LogP contribution in [-0.4, -0.2) is 58.0 Å². The molecule has 2 aliphatic rings. The van der Waals surface area contributed by atoms with Crippen LogP contribution in [0.3, 0.4) is 0 Å². The number of hydrogen-bond donors (Lipinski definition) is 3. The van der Waals surface area contributed by atoms with Crippen LogP contribution >= 0.6 is 11.6 Å². The third-order valence-corrected chi connectivity index (χ3v) is 7.27. The molecule has 3 N–H and O–H groups in total. The van der Waals surface area contributed by atoms with Crippen LogP contribution in [0.1, 0.15) is 44.4 Å². The van der Waals surface area contributed by atoms with E-state index in [0.717, 1.165) is 12.8 Å². The zero-order chi connectivity index (χ0) is 27.0. The molecule has 3 aromatic rings. The number of piperidine rings is 1. The molecular formula is C25H27ClN10O2. The summed E-state index contributed by atoms with van der Waals surface area (Å²) in [5.74, 6) is 0.723. The zero-order valence-corrected chi connectivity index (χ0v) is 22.0. The number of benzene rings is 1. The molecule has 1 saturated carbocycles. The van der Waals surface area contributed by atoms with Gasteiger partial charge in [0, 0.05) is 30.6 Å². The first-order valence-corrected chi connectivity index (χ1v) is 12.6. The van der Waals surface area contributed by atoms with Crippen molar-refractivity contribution in [3.05, 3.63) is 34.6 Å². The standard InChI is InChI=1S/C25H27ClN10O2/c1-25(2)13-35(7-6-19(25)32-24(37)38-3)18-9-14(10-27)8-17(20(18)26)31-23-33-21(30-15-4-5-15)22-29-12-16(11-28)36(22)34-23/h8-9,12,15,19H,4-7,13H2,1-3H3,(H,32,37)(H2,30,31,33,34). The predicted molar refractivity (Wildman–Crippen MR) is 142 cm³/mol. The summed E-state index contributed by atoms with van der Waals surface area (Å²) >= 11 is 6.90. The first-order chi connectivity index (χ1) is 18.2. The van der Waals surface area contributed by atoms with Gasteiger partial charge in [0.15, 0.2) is 17.2 Å². The number of fused-ring (bicyclic) bond motifs is 1. The normalized spacial score (nSPS) is 18.4. The van der Waals surface area contributed by atoms with Gasteiger partial charge in [0.05, 0.1) is 41.3 Å². The van der Waals surface area contributed by atoms with Crippen molar-refractivity contribution < 1.29 is 9.53 Å². The van der Waals surface area contributed by atoms with Crippen molar-refractivity contribution in [3.63, 3.8) is 0 Å². The molecule has 1 saturated heterocycles. The number of nitrogens with zero attached hydrogens (tertiary/aromatic N) is 7. The van der Waals surface area contributed by atoms with Crippen LogP contribution in [0.5, 0.6) is 0 Å². The predicted octanol–water partition coefficient (Wildman–Crippen LogP) is 3.80. The van der Waals surface area contributed by atoms with Crippen molar-refractivity contribution in [2.75, 3.05) is 35.7 Å². The maximum absolute atomic E-state index is 11.8. The average Bonchev–Trinajstić information content (AvgIpc) is 3.61. The maximum atomic E-state index is 11.8. The first-order valence-electron chi connectivity index (χ1n) is 12.2. The molecule has 1 unspecified atom stereocenters. The van der Waals surface area contributed by atoms with Crippen LogP contribution in [0.25, 0.3) is 5.65 Å². The highest BCUT2D eigenvalue weighted by atomic mass is 35.5. The van der Waals surface area contributed by atoms with Gasteiger partial charge in [-0.2, -0.15) is 20.0 Å². The fraction of sp³-hybridized carbons (Fsp3) is 0.440. The zero-order valence-electron chi connectivity index (χ0n) is 21.2. The lowest BCUT2D eigenvalue weighted by Crippen LogP contribution is -2.55. The summed E-state index contributed by atoms with van der Waals surface area (Å²) < 4.78 is 6.21. The molecule has 1 aliphatic heterocycles. The second-order valence-electron chi connectivity index (χ2n) is 10.2. The molecule has 0 spiro atoms. The van der Waals surface area contributed by atoms with Crippen molar-refractivity contribution in [2.24, 2.45) is 5.41 Å². The monoisotopic (exact) mass is 534 g/mol. The van der Waals surface area contributed by atoms with Gasteiger partial charge in [-0.1, -0.05) is 25.4 Å². The van der Waals surface area contributed by atoms with Crippen molar-refractivity contribution in [2.45, 2.75) is 45.2 Å². The van der Waals surface area contributed by atoms with E-state index in [0.29, 0.717) is 59.0 Å². The molecule has 2 aromatic heterocycles. The molecule has 5 rings (SSSR count). The van der Waals surface area contributed by atoms with E-state index < -0.39 is 6.09 Å². The largest absolute Gasteiger partial charge is 0.453 e. The summed E-state index contributed by atoms with van der Waals surface area (Å²) in [6.45, 7) is 5.34. The molecule has 1 aromatic carbocycles. The first kappa shape index (κ1) is 25.4. The van der Waals surface area contributed by atoms with Crippen molar-refractivity contribution >= 4 is 46.5 Å². The summed E-state index contributed by atoms with van der Waals surface area (Å²) in [7, 11) is 1.35. The van der Waals surface area contributed by atoms with E-state index in [-0.39, 0.29) is 23.1 Å². The SMILES string of the molecule is COC(=O)NC1CCN(c2cc(C#N)cc(Nc3nc(NC4CC4)c4ncc(C#N)n4n3)c2Cl)CC1(C)C. The fourth-order valence-corrected chi connectivity index (χ4v) is 4.95. The van der Waals surface area contributed by atoms with Gasteiger partial charge in [-0.3, -0.25) is 0 Å². The second-order valence-corrected chi connectivity index (χ2v) is 10.6. The number of anilines is 4. The lowest BCUT2D eigenvalue weighted by atomic mass is 9.79. The summed E-state index contributed by atoms with van der Waals surface area (Å²) in [4.78, 5) is 22.8. The van der Waals surface area contributed by atoms with E-state index >= 15 is 0 Å². The molecule has 12 nitrogen and oxygen atoms in total. The number of carbonyl (C=O) groups excluding carboxylic acids is 1. The summed E-state index contributed by atoms with van der Waals surface area (Å²) in [6.07, 6.45) is 3.73. The van der Waals surface area contributed by atoms with Crippen LogP contribution in [0.2, 0.25) is 5.02 Å². The van der Waals surface area contributed by atoms with Gasteiger partial charge in [-0.25, -0.2) is 9.78 Å². The molecule has 1 aliphatic carbocycles. The highest BCUT2D eigenvalue weighted by Crippen LogP contribution is 2.40. The average molecular weight is 535 g/mol. The third kappa shape index (κ3) is 4.95. The van der Waals surface area contributed by atoms with Gasteiger partial charge in [-0.15, -0.1) is 5.10 Å². The van der Waals surface area contributed by atoms with Crippen LogP contribution in [0.4, 0.5) is 27.9 Å². The van der Waals surface area contributed by atoms with Crippen LogP contribution in [0, 0.1) is 28.1 Å². The van der Waals surface area contributed by atoms with E-state index in [1.54, 1.807) is 12.1 Å². The minimum absolute atomic E-state index is 0.0799. The van der Waals surface area contributed by atoms with Gasteiger partial charge >= 0.3 is 6.09 Å². The molecule has 196 valence electrons. The van der Waals surface area contributed by atoms with Crippen molar-refractivity contribution in [3.8, 4) is 12.1 Å². The molecule has 38 heavy (non-hydrogen) atoms. The summed E-state index contributed by atoms with van der Waals surface area (Å²) in [5.41, 5.74) is 2.00. The number of aromatic nitrogens is 4. The van der Waals surface area contributed by atoms with E-state index in [4.69, 9.17) is 16.3 Å². The van der Waals surface area contributed by atoms with E-state index in [1.165, 1.54) is 17.8 Å². The molecule has 0 bridgehead atoms. The second kappa shape index (κ2) is 9.88. The molecule has 1 atom stereocenters.